The zero-order valence-corrected chi connectivity index (χ0v) is 11.5. The van der Waals surface area contributed by atoms with Crippen LogP contribution in [-0.4, -0.2) is 35.2 Å². The lowest BCUT2D eigenvalue weighted by molar-refractivity contribution is -0.121. The number of benzene rings is 1. The van der Waals surface area contributed by atoms with Crippen LogP contribution in [0.25, 0.3) is 0 Å². The molecule has 0 radical (unpaired) electrons. The van der Waals surface area contributed by atoms with E-state index in [0.717, 1.165) is 5.56 Å². The van der Waals surface area contributed by atoms with Crippen LogP contribution in [0.4, 0.5) is 5.69 Å². The third-order valence-corrected chi connectivity index (χ3v) is 3.94. The van der Waals surface area contributed by atoms with Gasteiger partial charge in [0.05, 0.1) is 13.0 Å². The van der Waals surface area contributed by atoms with Gasteiger partial charge in [0.25, 0.3) is 0 Å². The van der Waals surface area contributed by atoms with Gasteiger partial charge in [-0.1, -0.05) is 12.1 Å². The van der Waals surface area contributed by atoms with E-state index < -0.39 is 0 Å². The highest BCUT2D eigenvalue weighted by Crippen LogP contribution is 2.11. The van der Waals surface area contributed by atoms with Gasteiger partial charge in [0.1, 0.15) is 0 Å². The first-order valence-corrected chi connectivity index (χ1v) is 7.13. The summed E-state index contributed by atoms with van der Waals surface area (Å²) in [7, 11) is 0. The molecule has 18 heavy (non-hydrogen) atoms. The largest absolute Gasteiger partial charge is 0.399 e. The van der Waals surface area contributed by atoms with Gasteiger partial charge in [0, 0.05) is 17.0 Å². The summed E-state index contributed by atoms with van der Waals surface area (Å²) in [4.78, 5) is 11.8. The lowest BCUT2D eigenvalue weighted by Gasteiger charge is -2.21. The minimum absolute atomic E-state index is 0.0281. The molecule has 0 aromatic heterocycles. The molecule has 0 saturated carbocycles. The predicted octanol–water partition coefficient (Wildman–Crippen LogP) is 1.04. The predicted molar refractivity (Wildman–Crippen MR) is 76.6 cm³/mol. The first-order valence-electron chi connectivity index (χ1n) is 5.84. The molecule has 4 N–H and O–H groups in total. The zero-order chi connectivity index (χ0) is 13.5. The van der Waals surface area contributed by atoms with Crippen LogP contribution < -0.4 is 11.1 Å². The third kappa shape index (κ3) is 4.58. The zero-order valence-electron chi connectivity index (χ0n) is 10.7. The van der Waals surface area contributed by atoms with Gasteiger partial charge in [-0.15, -0.1) is 0 Å². The molecule has 0 aliphatic heterocycles. The monoisotopic (exact) mass is 268 g/mol. The van der Waals surface area contributed by atoms with Crippen molar-refractivity contribution in [2.75, 3.05) is 18.6 Å². The first-order chi connectivity index (χ1) is 8.56. The minimum Gasteiger partial charge on any atom is -0.399 e. The summed E-state index contributed by atoms with van der Waals surface area (Å²) in [6, 6.07) is 7.20. The van der Waals surface area contributed by atoms with Crippen LogP contribution in [0.5, 0.6) is 0 Å². The number of nitrogens with two attached hydrogens (primary N) is 1. The van der Waals surface area contributed by atoms with Crippen LogP contribution >= 0.6 is 11.8 Å². The second kappa shape index (κ2) is 7.28. The summed E-state index contributed by atoms with van der Waals surface area (Å²) in [6.45, 7) is 1.96. The van der Waals surface area contributed by atoms with Gasteiger partial charge >= 0.3 is 0 Å². The number of nitrogen functional groups attached to an aromatic ring is 1. The second-order valence-corrected chi connectivity index (χ2v) is 5.31. The number of hydrogen-bond donors (Lipinski definition) is 3. The van der Waals surface area contributed by atoms with Crippen molar-refractivity contribution >= 4 is 23.4 Å². The maximum Gasteiger partial charge on any atom is 0.224 e. The van der Waals surface area contributed by atoms with Crippen molar-refractivity contribution in [2.24, 2.45) is 0 Å². The van der Waals surface area contributed by atoms with Crippen LogP contribution in [0.15, 0.2) is 24.3 Å². The highest BCUT2D eigenvalue weighted by atomic mass is 32.2. The highest BCUT2D eigenvalue weighted by Gasteiger charge is 2.17. The van der Waals surface area contributed by atoms with Gasteiger partial charge in [-0.05, 0) is 30.9 Å². The minimum atomic E-state index is -0.0497. The van der Waals surface area contributed by atoms with Crippen LogP contribution in [0, 0.1) is 0 Å². The van der Waals surface area contributed by atoms with Crippen molar-refractivity contribution in [1.82, 2.24) is 5.32 Å². The summed E-state index contributed by atoms with van der Waals surface area (Å²) in [5.74, 6) is -0.0419. The summed E-state index contributed by atoms with van der Waals surface area (Å²) in [5.41, 5.74) is 7.20. The fourth-order valence-corrected chi connectivity index (χ4v) is 2.28. The van der Waals surface area contributed by atoms with E-state index in [0.29, 0.717) is 12.1 Å². The van der Waals surface area contributed by atoms with E-state index in [2.05, 4.69) is 5.32 Å². The van der Waals surface area contributed by atoms with E-state index >= 15 is 0 Å². The maximum absolute atomic E-state index is 11.8. The Kier molecular flexibility index (Phi) is 6.01. The molecule has 0 aliphatic rings. The fourth-order valence-electron chi connectivity index (χ4n) is 1.66. The van der Waals surface area contributed by atoms with E-state index in [4.69, 9.17) is 10.8 Å². The number of carbonyl (C=O) groups excluding carboxylic acids is 1. The van der Waals surface area contributed by atoms with E-state index in [1.807, 2.05) is 25.3 Å². The van der Waals surface area contributed by atoms with Gasteiger partial charge in [0.2, 0.25) is 5.91 Å². The van der Waals surface area contributed by atoms with Crippen molar-refractivity contribution in [3.05, 3.63) is 29.8 Å². The number of amides is 1. The van der Waals surface area contributed by atoms with E-state index in [1.54, 1.807) is 23.9 Å². The molecule has 4 nitrogen and oxygen atoms in total. The molecule has 0 saturated heterocycles. The molecular formula is C13H20N2O2S. The van der Waals surface area contributed by atoms with Gasteiger partial charge in [-0.2, -0.15) is 11.8 Å². The van der Waals surface area contributed by atoms with Gasteiger partial charge in [-0.25, -0.2) is 0 Å². The van der Waals surface area contributed by atoms with E-state index in [9.17, 15) is 4.79 Å². The number of thioether (sulfide) groups is 1. The Morgan fingerprint density at radius 3 is 2.56 bits per heavy atom. The molecule has 0 bridgehead atoms. The van der Waals surface area contributed by atoms with Crippen molar-refractivity contribution in [2.45, 2.75) is 24.6 Å². The number of nitrogens with one attached hydrogen (secondary N) is 1. The molecule has 100 valence electrons. The van der Waals surface area contributed by atoms with Crippen LogP contribution in [0.2, 0.25) is 0 Å². The SMILES string of the molecule is CSC(CO)C(C)NC(=O)Cc1ccc(N)cc1. The van der Waals surface area contributed by atoms with Crippen molar-refractivity contribution in [3.8, 4) is 0 Å². The number of aliphatic hydroxyl groups excluding tert-OH is 1. The lowest BCUT2D eigenvalue weighted by Crippen LogP contribution is -2.41. The molecule has 0 heterocycles. The Balaban J connectivity index is 2.48. The first kappa shape index (κ1) is 14.9. The van der Waals surface area contributed by atoms with Gasteiger partial charge < -0.3 is 16.2 Å². The maximum atomic E-state index is 11.8. The van der Waals surface area contributed by atoms with Gasteiger partial charge in [0.15, 0.2) is 0 Å². The molecule has 2 atom stereocenters. The molecule has 0 aliphatic carbocycles. The third-order valence-electron chi connectivity index (χ3n) is 2.77. The normalized spacial score (nSPS) is 13.9. The molecule has 5 heteroatoms. The molecule has 1 amide bonds. The Morgan fingerprint density at radius 2 is 2.06 bits per heavy atom. The quantitative estimate of drug-likeness (QED) is 0.674. The van der Waals surface area contributed by atoms with Crippen molar-refractivity contribution in [3.63, 3.8) is 0 Å². The molecule has 1 rings (SSSR count). The molecule has 2 unspecified atom stereocenters. The molecule has 0 fully saturated rings. The number of hydrogen-bond acceptors (Lipinski definition) is 4. The standard InChI is InChI=1S/C13H20N2O2S/c1-9(12(8-16)18-2)15-13(17)7-10-3-5-11(14)6-4-10/h3-6,9,12,16H,7-8,14H2,1-2H3,(H,15,17). The summed E-state index contributed by atoms with van der Waals surface area (Å²) in [6.07, 6.45) is 2.25. The van der Waals surface area contributed by atoms with E-state index in [1.165, 1.54) is 0 Å². The number of anilines is 1. The topological polar surface area (TPSA) is 75.3 Å². The molecule has 0 spiro atoms. The van der Waals surface area contributed by atoms with Crippen LogP contribution in [-0.2, 0) is 11.2 Å². The molecular weight excluding hydrogens is 248 g/mol. The van der Waals surface area contributed by atoms with Crippen molar-refractivity contribution in [1.29, 1.82) is 0 Å². The van der Waals surface area contributed by atoms with Crippen LogP contribution in [0.3, 0.4) is 0 Å². The van der Waals surface area contributed by atoms with E-state index in [-0.39, 0.29) is 23.8 Å². The van der Waals surface area contributed by atoms with Crippen LogP contribution in [0.1, 0.15) is 12.5 Å². The summed E-state index contributed by atoms with van der Waals surface area (Å²) >= 11 is 1.55. The smallest absolute Gasteiger partial charge is 0.224 e. The Labute approximate surface area is 112 Å². The molecule has 1 aromatic carbocycles. The molecule has 1 aromatic rings. The van der Waals surface area contributed by atoms with Crippen molar-refractivity contribution < 1.29 is 9.90 Å². The number of rotatable bonds is 6. The Hall–Kier alpha value is -1.20. The highest BCUT2D eigenvalue weighted by molar-refractivity contribution is 7.99. The lowest BCUT2D eigenvalue weighted by atomic mass is 10.1. The second-order valence-electron chi connectivity index (χ2n) is 4.23. The summed E-state index contributed by atoms with van der Waals surface area (Å²) in [5, 5.41) is 12.1. The van der Waals surface area contributed by atoms with Gasteiger partial charge in [-0.3, -0.25) is 4.79 Å². The Bertz CT molecular complexity index is 377. The summed E-state index contributed by atoms with van der Waals surface area (Å²) < 4.78 is 0. The Morgan fingerprint density at radius 1 is 1.44 bits per heavy atom. The average Bonchev–Trinajstić information content (AvgIpc) is 2.33. The fraction of sp³-hybridized carbons (Fsp3) is 0.462. The number of carbonyl (C=O) groups is 1. The number of aliphatic hydroxyl groups is 1. The average molecular weight is 268 g/mol.